The van der Waals surface area contributed by atoms with Crippen LogP contribution >= 0.6 is 50.4 Å². The molecular formula is C25H22BrN7O2S3. The number of rotatable bonds is 6. The van der Waals surface area contributed by atoms with E-state index in [4.69, 9.17) is 5.73 Å². The number of carbonyl (C=O) groups is 2. The first-order valence-electron chi connectivity index (χ1n) is 11.5. The van der Waals surface area contributed by atoms with Crippen molar-refractivity contribution in [3.63, 3.8) is 0 Å². The van der Waals surface area contributed by atoms with E-state index in [0.717, 1.165) is 15.7 Å². The summed E-state index contributed by atoms with van der Waals surface area (Å²) in [5.41, 5.74) is 8.81. The van der Waals surface area contributed by atoms with Crippen LogP contribution in [0.1, 0.15) is 38.2 Å². The van der Waals surface area contributed by atoms with Crippen LogP contribution in [0, 0.1) is 16.7 Å². The molecule has 0 radical (unpaired) electrons. The lowest BCUT2D eigenvalue weighted by Crippen LogP contribution is -2.42. The van der Waals surface area contributed by atoms with Gasteiger partial charge in [0.15, 0.2) is 15.3 Å². The second kappa shape index (κ2) is 10.6. The van der Waals surface area contributed by atoms with Gasteiger partial charge >= 0.3 is 0 Å². The molecule has 3 heterocycles. The van der Waals surface area contributed by atoms with Crippen molar-refractivity contribution in [2.24, 2.45) is 11.1 Å². The summed E-state index contributed by atoms with van der Waals surface area (Å²) in [6.45, 7) is 4.09. The monoisotopic (exact) mass is 627 g/mol. The molecule has 0 saturated heterocycles. The van der Waals surface area contributed by atoms with Crippen LogP contribution in [0.2, 0.25) is 0 Å². The van der Waals surface area contributed by atoms with Crippen molar-refractivity contribution in [3.8, 4) is 6.07 Å². The van der Waals surface area contributed by atoms with E-state index in [0.29, 0.717) is 38.6 Å². The number of hydrogen-bond acceptors (Lipinski definition) is 11. The molecule has 38 heavy (non-hydrogen) atoms. The Bertz CT molecular complexity index is 1500. The average Bonchev–Trinajstić information content (AvgIpc) is 3.54. The van der Waals surface area contributed by atoms with E-state index >= 15 is 0 Å². The van der Waals surface area contributed by atoms with Gasteiger partial charge in [-0.1, -0.05) is 65.0 Å². The Kier molecular flexibility index (Phi) is 7.41. The number of amides is 1. The zero-order chi connectivity index (χ0) is 27.0. The Labute approximate surface area is 240 Å². The van der Waals surface area contributed by atoms with Crippen molar-refractivity contribution in [3.05, 3.63) is 68.5 Å². The summed E-state index contributed by atoms with van der Waals surface area (Å²) in [4.78, 5) is 31.6. The molecule has 9 nitrogen and oxygen atoms in total. The van der Waals surface area contributed by atoms with Gasteiger partial charge in [-0.15, -0.1) is 21.5 Å². The lowest BCUT2D eigenvalue weighted by Gasteiger charge is -2.42. The third-order valence-electron chi connectivity index (χ3n) is 6.18. The molecule has 0 spiro atoms. The van der Waals surface area contributed by atoms with Crippen LogP contribution in [-0.2, 0) is 9.59 Å². The normalized spacial score (nSPS) is 18.8. The maximum atomic E-state index is 13.6. The zero-order valence-electron chi connectivity index (χ0n) is 20.4. The zero-order valence-corrected chi connectivity index (χ0v) is 24.4. The van der Waals surface area contributed by atoms with E-state index in [-0.39, 0.29) is 28.7 Å². The molecule has 1 amide bonds. The van der Waals surface area contributed by atoms with Crippen LogP contribution in [-0.4, -0.2) is 32.6 Å². The average molecular weight is 629 g/mol. The number of aromatic nitrogens is 3. The van der Waals surface area contributed by atoms with Crippen LogP contribution in [0.15, 0.2) is 67.3 Å². The van der Waals surface area contributed by atoms with Gasteiger partial charge in [-0.3, -0.25) is 14.5 Å². The van der Waals surface area contributed by atoms with Crippen molar-refractivity contribution in [2.45, 2.75) is 36.9 Å². The van der Waals surface area contributed by atoms with E-state index in [2.05, 4.69) is 42.5 Å². The van der Waals surface area contributed by atoms with Gasteiger partial charge in [-0.05, 0) is 29.5 Å². The van der Waals surface area contributed by atoms with Gasteiger partial charge in [-0.25, -0.2) is 4.98 Å². The predicted molar refractivity (Wildman–Crippen MR) is 153 cm³/mol. The molecule has 1 aliphatic heterocycles. The van der Waals surface area contributed by atoms with Crippen LogP contribution in [0.3, 0.4) is 0 Å². The molecule has 1 aliphatic carbocycles. The number of nitriles is 1. The Morgan fingerprint density at radius 2 is 2.08 bits per heavy atom. The molecule has 13 heteroatoms. The van der Waals surface area contributed by atoms with E-state index < -0.39 is 5.92 Å². The number of anilines is 2. The number of benzene rings is 1. The summed E-state index contributed by atoms with van der Waals surface area (Å²) in [6.07, 6.45) is 2.58. The summed E-state index contributed by atoms with van der Waals surface area (Å²) in [7, 11) is 0. The number of halogens is 1. The number of carbonyl (C=O) groups excluding carboxylic acids is 2. The molecule has 0 saturated carbocycles. The standard InChI is InChI=1S/C25H22BrN7O2S3/c1-25(2)9-16-20(17(34)10-25)19(13-3-5-14(26)6-4-13)15(11-27)21(28)33(16)23-31-32-24(38-23)37-12-18(35)30-22-29-7-8-36-22/h3-8,19H,9-10,12,28H2,1-2H3,(H,29,30,35). The maximum absolute atomic E-state index is 13.6. The van der Waals surface area contributed by atoms with Crippen LogP contribution in [0.5, 0.6) is 0 Å². The van der Waals surface area contributed by atoms with Gasteiger partial charge < -0.3 is 11.1 Å². The van der Waals surface area contributed by atoms with Crippen molar-refractivity contribution >= 4 is 72.3 Å². The smallest absolute Gasteiger partial charge is 0.236 e. The first-order valence-corrected chi connectivity index (χ1v) is 15.0. The number of allylic oxidation sites excluding steroid dienone is 3. The molecule has 0 fully saturated rings. The number of hydrogen-bond donors (Lipinski definition) is 2. The molecule has 1 atom stereocenters. The van der Waals surface area contributed by atoms with Crippen molar-refractivity contribution in [1.29, 1.82) is 5.26 Å². The van der Waals surface area contributed by atoms with Crippen LogP contribution in [0.25, 0.3) is 0 Å². The van der Waals surface area contributed by atoms with E-state index in [9.17, 15) is 14.9 Å². The first kappa shape index (κ1) is 26.6. The number of thioether (sulfide) groups is 1. The van der Waals surface area contributed by atoms with E-state index in [1.165, 1.54) is 34.4 Å². The van der Waals surface area contributed by atoms with Crippen molar-refractivity contribution in [1.82, 2.24) is 15.2 Å². The first-order chi connectivity index (χ1) is 18.2. The van der Waals surface area contributed by atoms with E-state index in [1.54, 1.807) is 16.5 Å². The highest BCUT2D eigenvalue weighted by molar-refractivity contribution is 9.10. The number of nitrogens with zero attached hydrogens (tertiary/aromatic N) is 5. The fourth-order valence-corrected chi connectivity index (χ4v) is 7.13. The summed E-state index contributed by atoms with van der Waals surface area (Å²) in [5.74, 6) is -0.396. The second-order valence-corrected chi connectivity index (χ2v) is 13.5. The summed E-state index contributed by atoms with van der Waals surface area (Å²) in [5, 5.41) is 24.3. The summed E-state index contributed by atoms with van der Waals surface area (Å²) in [6, 6.07) is 9.86. The summed E-state index contributed by atoms with van der Waals surface area (Å²) >= 11 is 7.30. The van der Waals surface area contributed by atoms with Gasteiger partial charge in [0, 0.05) is 33.7 Å². The molecule has 0 bridgehead atoms. The Balaban J connectivity index is 1.50. The largest absolute Gasteiger partial charge is 0.384 e. The molecule has 194 valence electrons. The van der Waals surface area contributed by atoms with E-state index in [1.807, 2.05) is 38.1 Å². The maximum Gasteiger partial charge on any atom is 0.236 e. The number of Topliss-reactive ketones (excluding diaryl/α,β-unsaturated/α-hetero) is 1. The Morgan fingerprint density at radius 3 is 2.76 bits per heavy atom. The van der Waals surface area contributed by atoms with Gasteiger partial charge in [0.05, 0.1) is 23.3 Å². The Morgan fingerprint density at radius 1 is 1.32 bits per heavy atom. The predicted octanol–water partition coefficient (Wildman–Crippen LogP) is 5.43. The summed E-state index contributed by atoms with van der Waals surface area (Å²) < 4.78 is 1.47. The van der Waals surface area contributed by atoms with Gasteiger partial charge in [0.25, 0.3) is 0 Å². The van der Waals surface area contributed by atoms with Gasteiger partial charge in [-0.2, -0.15) is 5.26 Å². The molecule has 1 aromatic carbocycles. The number of nitrogens with one attached hydrogen (secondary N) is 1. The second-order valence-electron chi connectivity index (χ2n) is 9.56. The minimum atomic E-state index is -0.556. The molecule has 3 aromatic rings. The highest BCUT2D eigenvalue weighted by Crippen LogP contribution is 2.50. The van der Waals surface area contributed by atoms with Gasteiger partial charge in [0.1, 0.15) is 5.82 Å². The van der Waals surface area contributed by atoms with Crippen molar-refractivity contribution in [2.75, 3.05) is 16.0 Å². The number of nitrogens with two attached hydrogens (primary N) is 1. The molecule has 5 rings (SSSR count). The topological polar surface area (TPSA) is 138 Å². The Hall–Kier alpha value is -3.05. The fourth-order valence-electron chi connectivity index (χ4n) is 4.63. The molecule has 2 aliphatic rings. The third kappa shape index (κ3) is 5.26. The highest BCUT2D eigenvalue weighted by Gasteiger charge is 2.45. The van der Waals surface area contributed by atoms with Crippen molar-refractivity contribution < 1.29 is 9.59 Å². The number of ketones is 1. The fraction of sp³-hybridized carbons (Fsp3) is 0.280. The third-order valence-corrected chi connectivity index (χ3v) is 9.44. The quantitative estimate of drug-likeness (QED) is 0.342. The minimum absolute atomic E-state index is 0.00705. The lowest BCUT2D eigenvalue weighted by atomic mass is 9.69. The molecule has 1 unspecified atom stereocenters. The molecular weight excluding hydrogens is 606 g/mol. The lowest BCUT2D eigenvalue weighted by molar-refractivity contribution is -0.118. The number of thiazole rings is 1. The molecule has 2 aromatic heterocycles. The highest BCUT2D eigenvalue weighted by atomic mass is 79.9. The minimum Gasteiger partial charge on any atom is -0.384 e. The van der Waals surface area contributed by atoms with Gasteiger partial charge in [0.2, 0.25) is 11.0 Å². The van der Waals surface area contributed by atoms with Crippen LogP contribution in [0.4, 0.5) is 10.3 Å². The SMILES string of the molecule is CC1(C)CC(=O)C2=C(C1)N(c1nnc(SCC(=O)Nc3nccs3)s1)C(N)=C(C#N)C2c1ccc(Br)cc1. The van der Waals surface area contributed by atoms with Crippen LogP contribution < -0.4 is 16.0 Å². The molecule has 3 N–H and O–H groups in total.